The van der Waals surface area contributed by atoms with Gasteiger partial charge in [0.15, 0.2) is 0 Å². The van der Waals surface area contributed by atoms with Crippen LogP contribution in [0.2, 0.25) is 0 Å². The molecule has 0 bridgehead atoms. The lowest BCUT2D eigenvalue weighted by Crippen LogP contribution is -2.53. The molecule has 1 aliphatic heterocycles. The summed E-state index contributed by atoms with van der Waals surface area (Å²) in [5.74, 6) is -1.69. The van der Waals surface area contributed by atoms with E-state index in [4.69, 9.17) is 4.74 Å². The summed E-state index contributed by atoms with van der Waals surface area (Å²) in [5.41, 5.74) is 1.22. The van der Waals surface area contributed by atoms with E-state index in [0.29, 0.717) is 31.9 Å². The second-order valence-corrected chi connectivity index (χ2v) is 13.7. The second-order valence-electron chi connectivity index (χ2n) is 10.2. The van der Waals surface area contributed by atoms with Gasteiger partial charge >= 0.3 is 5.56 Å². The fourth-order valence-corrected chi connectivity index (χ4v) is 6.72. The highest BCUT2D eigenvalue weighted by atomic mass is 32.3. The van der Waals surface area contributed by atoms with Crippen LogP contribution < -0.4 is 15.2 Å². The molecule has 1 saturated heterocycles. The van der Waals surface area contributed by atoms with Crippen molar-refractivity contribution >= 4 is 15.8 Å². The van der Waals surface area contributed by atoms with Crippen molar-refractivity contribution in [1.29, 1.82) is 0 Å². The number of ether oxygens (including phenoxy) is 1. The zero-order valence-electron chi connectivity index (χ0n) is 21.6. The molecular weight excluding hydrogens is 514 g/mol. The minimum absolute atomic E-state index is 0.0180. The van der Waals surface area contributed by atoms with Crippen LogP contribution in [0.25, 0.3) is 5.69 Å². The number of fused-ring (bicyclic) bond motifs is 1. The summed E-state index contributed by atoms with van der Waals surface area (Å²) < 4.78 is 50.4. The van der Waals surface area contributed by atoms with E-state index in [0.717, 1.165) is 34.0 Å². The first-order chi connectivity index (χ1) is 18.1. The molecule has 2 unspecified atom stereocenters. The van der Waals surface area contributed by atoms with Crippen molar-refractivity contribution in [3.63, 3.8) is 0 Å². The van der Waals surface area contributed by atoms with Gasteiger partial charge in [-0.1, -0.05) is 48.2 Å². The van der Waals surface area contributed by atoms with Gasteiger partial charge in [0.1, 0.15) is 23.4 Å². The quantitative estimate of drug-likeness (QED) is 0.462. The van der Waals surface area contributed by atoms with Crippen LogP contribution in [0.5, 0.6) is 5.75 Å². The molecule has 2 atom stereocenters. The number of anilines is 1. The molecule has 3 aromatic rings. The highest BCUT2D eigenvalue weighted by molar-refractivity contribution is 8.00. The van der Waals surface area contributed by atoms with E-state index in [9.17, 15) is 22.9 Å². The maximum absolute atomic E-state index is 14.0. The van der Waals surface area contributed by atoms with Gasteiger partial charge in [-0.25, -0.2) is 13.1 Å². The van der Waals surface area contributed by atoms with Crippen LogP contribution in [0.15, 0.2) is 53.5 Å². The Kier molecular flexibility index (Phi) is 7.10. The summed E-state index contributed by atoms with van der Waals surface area (Å²) >= 11 is 0. The largest absolute Gasteiger partial charge is 0.478 e. The van der Waals surface area contributed by atoms with Crippen LogP contribution in [-0.4, -0.2) is 61.1 Å². The first-order valence-electron chi connectivity index (χ1n) is 12.7. The lowest BCUT2D eigenvalue weighted by Gasteiger charge is -2.43. The Labute approximate surface area is 221 Å². The van der Waals surface area contributed by atoms with Crippen molar-refractivity contribution in [2.24, 2.45) is 0 Å². The van der Waals surface area contributed by atoms with Crippen molar-refractivity contribution in [2.75, 3.05) is 37.3 Å². The summed E-state index contributed by atoms with van der Waals surface area (Å²) in [6.07, 6.45) is 2.19. The number of aliphatic hydroxyl groups excluding tert-OH is 1. The molecule has 0 amide bonds. The molecule has 2 heterocycles. The monoisotopic (exact) mass is 546 g/mol. The fraction of sp³-hybridized carbons (Fsp3) is 0.407. The van der Waals surface area contributed by atoms with E-state index in [-0.39, 0.29) is 23.1 Å². The molecule has 2 aromatic carbocycles. The van der Waals surface area contributed by atoms with Gasteiger partial charge in [-0.3, -0.25) is 9.00 Å². The molecule has 1 fully saturated rings. The Bertz CT molecular complexity index is 1430. The van der Waals surface area contributed by atoms with E-state index in [2.05, 4.69) is 5.10 Å². The number of aromatic nitrogens is 2. The van der Waals surface area contributed by atoms with Gasteiger partial charge in [-0.15, -0.1) is 0 Å². The van der Waals surface area contributed by atoms with Crippen molar-refractivity contribution < 1.29 is 22.8 Å². The van der Waals surface area contributed by atoms with Crippen molar-refractivity contribution in [2.45, 2.75) is 37.7 Å². The molecule has 5 rings (SSSR count). The normalized spacial score (nSPS) is 20.6. The fourth-order valence-electron chi connectivity index (χ4n) is 5.09. The van der Waals surface area contributed by atoms with Crippen molar-refractivity contribution in [3.05, 3.63) is 81.8 Å². The Balaban J connectivity index is 1.53. The number of rotatable bonds is 6. The van der Waals surface area contributed by atoms with Crippen LogP contribution in [0.1, 0.15) is 43.6 Å². The zero-order valence-corrected chi connectivity index (χ0v) is 22.4. The molecule has 0 radical (unpaired) electrons. The molecular formula is C27H32F2N4O4S. The average Bonchev–Trinajstić information content (AvgIpc) is 3.20. The minimum Gasteiger partial charge on any atom is -0.478 e. The summed E-state index contributed by atoms with van der Waals surface area (Å²) in [7, 11) is -2.51. The highest BCUT2D eigenvalue weighted by Crippen LogP contribution is 2.42. The number of halogens is 2. The SMILES string of the molecule is CC(C)[SH](C)(=O)N1CCN(c2cnn(-c3cc(F)cc(F)c3)c(=O)c2OC2CC(O)c3ccccc32)CC1. The molecule has 1 aromatic heterocycles. The molecule has 1 N–H and O–H groups in total. The van der Waals surface area contributed by atoms with Crippen LogP contribution >= 0.6 is 0 Å². The molecule has 204 valence electrons. The topological polar surface area (TPSA) is 87.9 Å². The van der Waals surface area contributed by atoms with Crippen LogP contribution in [0.4, 0.5) is 14.5 Å². The summed E-state index contributed by atoms with van der Waals surface area (Å²) in [4.78, 5) is 15.7. The Hall–Kier alpha value is -3.15. The van der Waals surface area contributed by atoms with E-state index in [1.807, 2.05) is 47.3 Å². The summed E-state index contributed by atoms with van der Waals surface area (Å²) in [5, 5.41) is 14.8. The average molecular weight is 547 g/mol. The lowest BCUT2D eigenvalue weighted by molar-refractivity contribution is 0.119. The second kappa shape index (κ2) is 10.2. The number of aliphatic hydroxyl groups is 1. The maximum atomic E-state index is 14.0. The zero-order chi connectivity index (χ0) is 27.2. The van der Waals surface area contributed by atoms with Crippen molar-refractivity contribution in [3.8, 4) is 11.4 Å². The van der Waals surface area contributed by atoms with E-state index >= 15 is 0 Å². The van der Waals surface area contributed by atoms with E-state index < -0.39 is 39.5 Å². The standard InChI is InChI=1S/C27H32F2N4O4S/c1-17(2)38(3,36)32-10-8-31(9-11-32)23-16-30-33(20-13-18(28)12-19(29)14-20)27(35)26(23)37-25-15-24(34)21-6-4-5-7-22(21)25/h4-7,12-14,16-17,24-25,34,38H,8-11,15H2,1-3H3. The van der Waals surface area contributed by atoms with Gasteiger partial charge in [0.2, 0.25) is 5.75 Å². The maximum Gasteiger partial charge on any atom is 0.316 e. The molecule has 8 nitrogen and oxygen atoms in total. The molecule has 11 heteroatoms. The number of thiol groups is 1. The van der Waals surface area contributed by atoms with Gasteiger partial charge in [0, 0.05) is 50.2 Å². The van der Waals surface area contributed by atoms with E-state index in [1.54, 1.807) is 6.26 Å². The first kappa shape index (κ1) is 26.5. The van der Waals surface area contributed by atoms with Crippen LogP contribution in [0.3, 0.4) is 0 Å². The summed E-state index contributed by atoms with van der Waals surface area (Å²) in [6.45, 7) is 5.95. The van der Waals surface area contributed by atoms with Gasteiger partial charge in [-0.05, 0) is 23.3 Å². The molecule has 2 aliphatic rings. The third kappa shape index (κ3) is 4.85. The van der Waals surface area contributed by atoms with Crippen LogP contribution in [-0.2, 0) is 10.1 Å². The van der Waals surface area contributed by atoms with Gasteiger partial charge < -0.3 is 14.7 Å². The molecule has 38 heavy (non-hydrogen) atoms. The Morgan fingerprint density at radius 3 is 2.32 bits per heavy atom. The number of nitrogens with zero attached hydrogens (tertiary/aromatic N) is 4. The smallest absolute Gasteiger partial charge is 0.316 e. The third-order valence-electron chi connectivity index (χ3n) is 7.52. The predicted molar refractivity (Wildman–Crippen MR) is 144 cm³/mol. The molecule has 0 saturated carbocycles. The molecule has 1 aliphatic carbocycles. The predicted octanol–water partition coefficient (Wildman–Crippen LogP) is 3.16. The number of benzene rings is 2. The van der Waals surface area contributed by atoms with E-state index in [1.165, 1.54) is 6.20 Å². The van der Waals surface area contributed by atoms with Gasteiger partial charge in [-0.2, -0.15) is 9.78 Å². The number of piperazine rings is 1. The lowest BCUT2D eigenvalue weighted by atomic mass is 10.1. The first-order valence-corrected chi connectivity index (χ1v) is 14.8. The van der Waals surface area contributed by atoms with Crippen molar-refractivity contribution in [1.82, 2.24) is 14.1 Å². The van der Waals surface area contributed by atoms with Gasteiger partial charge in [0.25, 0.3) is 0 Å². The van der Waals surface area contributed by atoms with Gasteiger partial charge in [0.05, 0.1) is 18.0 Å². The van der Waals surface area contributed by atoms with Crippen LogP contribution in [0, 0.1) is 11.6 Å². The minimum atomic E-state index is -2.51. The number of hydrogen-bond acceptors (Lipinski definition) is 6. The Morgan fingerprint density at radius 2 is 1.68 bits per heavy atom. The third-order valence-corrected chi connectivity index (χ3v) is 11.0. The Morgan fingerprint density at radius 1 is 1.05 bits per heavy atom. The number of hydrogen-bond donors (Lipinski definition) is 2. The molecule has 0 spiro atoms. The summed E-state index contributed by atoms with van der Waals surface area (Å²) in [6, 6.07) is 10.1. The highest BCUT2D eigenvalue weighted by Gasteiger charge is 2.34.